The Labute approximate surface area is 105 Å². The molecule has 0 aromatic heterocycles. The third kappa shape index (κ3) is 4.23. The summed E-state index contributed by atoms with van der Waals surface area (Å²) in [6.07, 6.45) is 0. The fourth-order valence-corrected chi connectivity index (χ4v) is 2.47. The van der Waals surface area contributed by atoms with E-state index in [0.717, 1.165) is 17.3 Å². The zero-order chi connectivity index (χ0) is 12.8. The summed E-state index contributed by atoms with van der Waals surface area (Å²) in [7, 11) is 0. The van der Waals surface area contributed by atoms with Crippen LogP contribution < -0.4 is 0 Å². The summed E-state index contributed by atoms with van der Waals surface area (Å²) >= 11 is 1.07. The first-order valence-corrected chi connectivity index (χ1v) is 6.42. The lowest BCUT2D eigenvalue weighted by Gasteiger charge is -2.19. The molecule has 17 heavy (non-hydrogen) atoms. The second kappa shape index (κ2) is 6.45. The van der Waals surface area contributed by atoms with Gasteiger partial charge in [-0.1, -0.05) is 49.0 Å². The second-order valence-electron chi connectivity index (χ2n) is 3.95. The molecule has 0 saturated heterocycles. The van der Waals surface area contributed by atoms with Crippen molar-refractivity contribution in [2.45, 2.75) is 19.8 Å². The SMILES string of the molecule is CC(=O)SC[C@@H](C(=O)O)[C@@H](C)c1ccccc1. The number of aliphatic carboxylic acids is 1. The minimum absolute atomic E-state index is 0.0449. The molecule has 3 nitrogen and oxygen atoms in total. The third-order valence-electron chi connectivity index (χ3n) is 2.71. The molecule has 0 aliphatic rings. The standard InChI is InChI=1S/C13H16O3S/c1-9(11-6-4-3-5-7-11)12(13(15)16)8-17-10(2)14/h3-7,9,12H,8H2,1-2H3,(H,15,16)/t9-,12+/m0/s1. The molecule has 0 bridgehead atoms. The van der Waals surface area contributed by atoms with Gasteiger partial charge < -0.3 is 5.11 Å². The van der Waals surface area contributed by atoms with Gasteiger partial charge in [0.15, 0.2) is 5.12 Å². The van der Waals surface area contributed by atoms with E-state index < -0.39 is 11.9 Å². The quantitative estimate of drug-likeness (QED) is 0.875. The summed E-state index contributed by atoms with van der Waals surface area (Å²) in [4.78, 5) is 22.1. The van der Waals surface area contributed by atoms with Crippen LogP contribution >= 0.6 is 11.8 Å². The van der Waals surface area contributed by atoms with E-state index in [9.17, 15) is 14.7 Å². The van der Waals surface area contributed by atoms with Gasteiger partial charge in [0.05, 0.1) is 5.92 Å². The van der Waals surface area contributed by atoms with Gasteiger partial charge in [-0.2, -0.15) is 0 Å². The Bertz CT molecular complexity index is 389. The van der Waals surface area contributed by atoms with Crippen molar-refractivity contribution in [2.75, 3.05) is 5.75 Å². The van der Waals surface area contributed by atoms with Crippen LogP contribution in [0.25, 0.3) is 0 Å². The van der Waals surface area contributed by atoms with Crippen LogP contribution in [0.3, 0.4) is 0 Å². The Balaban J connectivity index is 2.77. The average Bonchev–Trinajstić information content (AvgIpc) is 2.29. The molecule has 1 aromatic rings. The fraction of sp³-hybridized carbons (Fsp3) is 0.385. The molecule has 1 aromatic carbocycles. The molecule has 0 heterocycles. The third-order valence-corrected chi connectivity index (χ3v) is 3.64. The normalized spacial score (nSPS) is 14.0. The van der Waals surface area contributed by atoms with Crippen LogP contribution in [0, 0.1) is 5.92 Å². The number of hydrogen-bond acceptors (Lipinski definition) is 3. The number of benzene rings is 1. The number of carbonyl (C=O) groups is 2. The molecule has 0 aliphatic carbocycles. The van der Waals surface area contributed by atoms with Crippen molar-refractivity contribution in [2.24, 2.45) is 5.92 Å². The van der Waals surface area contributed by atoms with Crippen LogP contribution in [0.4, 0.5) is 0 Å². The van der Waals surface area contributed by atoms with E-state index in [1.165, 1.54) is 6.92 Å². The molecule has 0 radical (unpaired) electrons. The molecule has 0 fully saturated rings. The number of carboxylic acids is 1. The highest BCUT2D eigenvalue weighted by Crippen LogP contribution is 2.27. The zero-order valence-corrected chi connectivity index (χ0v) is 10.7. The first kappa shape index (κ1) is 13.8. The van der Waals surface area contributed by atoms with Gasteiger partial charge in [0.1, 0.15) is 0 Å². The molecular weight excluding hydrogens is 236 g/mol. The van der Waals surface area contributed by atoms with Crippen molar-refractivity contribution in [1.82, 2.24) is 0 Å². The van der Waals surface area contributed by atoms with Crippen LogP contribution in [-0.4, -0.2) is 21.9 Å². The first-order valence-electron chi connectivity index (χ1n) is 5.43. The van der Waals surface area contributed by atoms with E-state index in [2.05, 4.69) is 0 Å². The van der Waals surface area contributed by atoms with Crippen LogP contribution in [-0.2, 0) is 9.59 Å². The molecular formula is C13H16O3S. The molecule has 2 atom stereocenters. The van der Waals surface area contributed by atoms with Crippen molar-refractivity contribution in [3.05, 3.63) is 35.9 Å². The summed E-state index contributed by atoms with van der Waals surface area (Å²) in [6.45, 7) is 3.34. The van der Waals surface area contributed by atoms with Gasteiger partial charge in [-0.15, -0.1) is 0 Å². The van der Waals surface area contributed by atoms with Gasteiger partial charge in [0, 0.05) is 12.7 Å². The minimum atomic E-state index is -0.852. The summed E-state index contributed by atoms with van der Waals surface area (Å²) in [5, 5.41) is 9.15. The Morgan fingerprint density at radius 2 is 1.88 bits per heavy atom. The van der Waals surface area contributed by atoms with Gasteiger partial charge >= 0.3 is 5.97 Å². The smallest absolute Gasteiger partial charge is 0.307 e. The van der Waals surface area contributed by atoms with Gasteiger partial charge in [-0.05, 0) is 11.5 Å². The Morgan fingerprint density at radius 3 is 2.35 bits per heavy atom. The zero-order valence-electron chi connectivity index (χ0n) is 9.92. The molecule has 0 saturated carbocycles. The fourth-order valence-electron chi connectivity index (χ4n) is 1.63. The highest BCUT2D eigenvalue weighted by atomic mass is 32.2. The number of carbonyl (C=O) groups excluding carboxylic acids is 1. The Hall–Kier alpha value is -1.29. The van der Waals surface area contributed by atoms with Crippen LogP contribution in [0.1, 0.15) is 25.3 Å². The van der Waals surface area contributed by atoms with E-state index in [0.29, 0.717) is 5.75 Å². The molecule has 1 rings (SSSR count). The topological polar surface area (TPSA) is 54.4 Å². The van der Waals surface area contributed by atoms with E-state index >= 15 is 0 Å². The number of carboxylic acid groups (broad SMARTS) is 1. The van der Waals surface area contributed by atoms with Gasteiger partial charge in [0.25, 0.3) is 0 Å². The van der Waals surface area contributed by atoms with Crippen LogP contribution in [0.2, 0.25) is 0 Å². The molecule has 1 N–H and O–H groups in total. The summed E-state index contributed by atoms with van der Waals surface area (Å²) in [6, 6.07) is 9.51. The highest BCUT2D eigenvalue weighted by molar-refractivity contribution is 8.13. The average molecular weight is 252 g/mol. The first-order chi connectivity index (χ1) is 8.02. The predicted octanol–water partition coefficient (Wildman–Crippen LogP) is 2.77. The van der Waals surface area contributed by atoms with E-state index in [1.807, 2.05) is 37.3 Å². The molecule has 4 heteroatoms. The molecule has 0 spiro atoms. The maximum Gasteiger partial charge on any atom is 0.307 e. The highest BCUT2D eigenvalue weighted by Gasteiger charge is 2.26. The van der Waals surface area contributed by atoms with Crippen LogP contribution in [0.5, 0.6) is 0 Å². The summed E-state index contributed by atoms with van der Waals surface area (Å²) in [5.74, 6) is -1.16. The minimum Gasteiger partial charge on any atom is -0.481 e. The lowest BCUT2D eigenvalue weighted by atomic mass is 9.89. The van der Waals surface area contributed by atoms with Crippen molar-refractivity contribution < 1.29 is 14.7 Å². The molecule has 0 aliphatic heterocycles. The number of hydrogen-bond donors (Lipinski definition) is 1. The number of rotatable bonds is 5. The largest absolute Gasteiger partial charge is 0.481 e. The monoisotopic (exact) mass is 252 g/mol. The van der Waals surface area contributed by atoms with Crippen LogP contribution in [0.15, 0.2) is 30.3 Å². The maximum atomic E-state index is 11.2. The van der Waals surface area contributed by atoms with Gasteiger partial charge in [-0.25, -0.2) is 0 Å². The van der Waals surface area contributed by atoms with Crippen molar-refractivity contribution in [1.29, 1.82) is 0 Å². The lowest BCUT2D eigenvalue weighted by molar-refractivity contribution is -0.141. The Morgan fingerprint density at radius 1 is 1.29 bits per heavy atom. The van der Waals surface area contributed by atoms with Crippen molar-refractivity contribution in [3.8, 4) is 0 Å². The summed E-state index contributed by atoms with van der Waals surface area (Å²) in [5.41, 5.74) is 0.990. The molecule has 0 amide bonds. The Kier molecular flexibility index (Phi) is 5.22. The van der Waals surface area contributed by atoms with Gasteiger partial charge in [-0.3, -0.25) is 9.59 Å². The van der Waals surface area contributed by atoms with E-state index in [-0.39, 0.29) is 11.0 Å². The van der Waals surface area contributed by atoms with Gasteiger partial charge in [0.2, 0.25) is 0 Å². The van der Waals surface area contributed by atoms with Crippen molar-refractivity contribution >= 4 is 22.8 Å². The molecule has 0 unspecified atom stereocenters. The number of thioether (sulfide) groups is 1. The maximum absolute atomic E-state index is 11.2. The molecule has 92 valence electrons. The van der Waals surface area contributed by atoms with Crippen molar-refractivity contribution in [3.63, 3.8) is 0 Å². The van der Waals surface area contributed by atoms with E-state index in [1.54, 1.807) is 0 Å². The summed E-state index contributed by atoms with van der Waals surface area (Å²) < 4.78 is 0. The predicted molar refractivity (Wildman–Crippen MR) is 69.1 cm³/mol. The lowest BCUT2D eigenvalue weighted by Crippen LogP contribution is -2.23. The second-order valence-corrected chi connectivity index (χ2v) is 5.14. The van der Waals surface area contributed by atoms with E-state index in [4.69, 9.17) is 0 Å².